The summed E-state index contributed by atoms with van der Waals surface area (Å²) in [6.45, 7) is 1.90. The van der Waals surface area contributed by atoms with Gasteiger partial charge in [0.2, 0.25) is 21.8 Å². The maximum absolute atomic E-state index is 13.1. The molecule has 3 aromatic rings. The van der Waals surface area contributed by atoms with Gasteiger partial charge in [-0.3, -0.25) is 9.59 Å². The first-order chi connectivity index (χ1) is 15.3. The molecule has 1 atom stereocenters. The number of nitrogens with zero attached hydrogens (tertiary/aromatic N) is 1. The Hall–Kier alpha value is -3.23. The lowest BCUT2D eigenvalue weighted by Gasteiger charge is -2.31. The molecule has 32 heavy (non-hydrogen) atoms. The fraction of sp³-hybridized carbons (Fsp3) is 0.250. The van der Waals surface area contributed by atoms with Gasteiger partial charge in [-0.25, -0.2) is 8.42 Å². The first-order valence-corrected chi connectivity index (χ1v) is 11.9. The fourth-order valence-electron chi connectivity index (χ4n) is 3.95. The molecule has 4 rings (SSSR count). The first kappa shape index (κ1) is 22.0. The van der Waals surface area contributed by atoms with E-state index in [9.17, 15) is 18.0 Å². The van der Waals surface area contributed by atoms with Crippen LogP contribution in [0.25, 0.3) is 10.8 Å². The summed E-state index contributed by atoms with van der Waals surface area (Å²) in [7, 11) is -3.73. The molecule has 1 heterocycles. The van der Waals surface area contributed by atoms with Crippen molar-refractivity contribution in [3.05, 3.63) is 66.7 Å². The topological polar surface area (TPSA) is 95.6 Å². The SMILES string of the molecule is CC(=O)Nc1ccc(S(=O)(=O)N2CCC[C@H](C(=O)Nc3ccc4ccccc4c3)C2)cc1. The first-order valence-electron chi connectivity index (χ1n) is 10.5. The minimum absolute atomic E-state index is 0.134. The summed E-state index contributed by atoms with van der Waals surface area (Å²) in [5.74, 6) is -0.832. The molecule has 1 aliphatic rings. The van der Waals surface area contributed by atoms with E-state index in [0.717, 1.165) is 10.8 Å². The molecule has 0 aliphatic carbocycles. The molecule has 0 saturated carbocycles. The quantitative estimate of drug-likeness (QED) is 0.616. The summed E-state index contributed by atoms with van der Waals surface area (Å²) < 4.78 is 27.6. The van der Waals surface area contributed by atoms with Crippen molar-refractivity contribution >= 4 is 44.0 Å². The number of carbonyl (C=O) groups excluding carboxylic acids is 2. The molecule has 2 amide bonds. The summed E-state index contributed by atoms with van der Waals surface area (Å²) in [6, 6.07) is 19.7. The molecular weight excluding hydrogens is 426 g/mol. The number of nitrogens with one attached hydrogen (secondary N) is 2. The molecule has 166 valence electrons. The fourth-order valence-corrected chi connectivity index (χ4v) is 5.47. The van der Waals surface area contributed by atoms with Crippen molar-refractivity contribution in [2.24, 2.45) is 5.92 Å². The summed E-state index contributed by atoms with van der Waals surface area (Å²) in [6.07, 6.45) is 1.24. The standard InChI is InChI=1S/C24H25N3O4S/c1-17(28)25-21-10-12-23(13-11-21)32(30,31)27-14-4-7-20(16-27)24(29)26-22-9-8-18-5-2-3-6-19(18)15-22/h2-3,5-6,8-13,15,20H,4,7,14,16H2,1H3,(H,25,28)(H,26,29)/t20-/m0/s1. The van der Waals surface area contributed by atoms with Gasteiger partial charge < -0.3 is 10.6 Å². The molecule has 2 N–H and O–H groups in total. The van der Waals surface area contributed by atoms with Gasteiger partial charge in [-0.1, -0.05) is 30.3 Å². The van der Waals surface area contributed by atoms with E-state index in [2.05, 4.69) is 10.6 Å². The Kier molecular flexibility index (Phi) is 6.25. The van der Waals surface area contributed by atoms with Crippen LogP contribution >= 0.6 is 0 Å². The van der Waals surface area contributed by atoms with E-state index in [1.54, 1.807) is 12.1 Å². The van der Waals surface area contributed by atoms with Crippen molar-refractivity contribution in [3.8, 4) is 0 Å². The zero-order chi connectivity index (χ0) is 22.7. The smallest absolute Gasteiger partial charge is 0.243 e. The molecule has 0 unspecified atom stereocenters. The molecule has 0 spiro atoms. The highest BCUT2D eigenvalue weighted by molar-refractivity contribution is 7.89. The highest BCUT2D eigenvalue weighted by atomic mass is 32.2. The Morgan fingerprint density at radius 1 is 0.906 bits per heavy atom. The Balaban J connectivity index is 1.45. The Morgan fingerprint density at radius 2 is 1.59 bits per heavy atom. The van der Waals surface area contributed by atoms with Crippen molar-refractivity contribution in [2.45, 2.75) is 24.7 Å². The molecule has 8 heteroatoms. The molecule has 7 nitrogen and oxygen atoms in total. The monoisotopic (exact) mass is 451 g/mol. The van der Waals surface area contributed by atoms with Gasteiger partial charge in [-0.15, -0.1) is 0 Å². The maximum Gasteiger partial charge on any atom is 0.243 e. The molecule has 1 aliphatic heterocycles. The van der Waals surface area contributed by atoms with Crippen molar-refractivity contribution in [3.63, 3.8) is 0 Å². The van der Waals surface area contributed by atoms with Crippen molar-refractivity contribution < 1.29 is 18.0 Å². The predicted octanol–water partition coefficient (Wildman–Crippen LogP) is 3.84. The van der Waals surface area contributed by atoms with Crippen LogP contribution in [0.4, 0.5) is 11.4 Å². The molecule has 1 fully saturated rings. The second kappa shape index (κ2) is 9.10. The summed E-state index contributed by atoms with van der Waals surface area (Å²) in [4.78, 5) is 24.2. The number of amides is 2. The second-order valence-corrected chi connectivity index (χ2v) is 9.90. The number of fused-ring (bicyclic) bond motifs is 1. The van der Waals surface area contributed by atoms with E-state index in [4.69, 9.17) is 0 Å². The summed E-state index contributed by atoms with van der Waals surface area (Å²) >= 11 is 0. The lowest BCUT2D eigenvalue weighted by atomic mass is 9.98. The molecular formula is C24H25N3O4S. The van der Waals surface area contributed by atoms with E-state index < -0.39 is 15.9 Å². The van der Waals surface area contributed by atoms with E-state index in [1.165, 1.54) is 23.4 Å². The van der Waals surface area contributed by atoms with E-state index in [-0.39, 0.29) is 23.3 Å². The van der Waals surface area contributed by atoms with Crippen molar-refractivity contribution in [1.82, 2.24) is 4.31 Å². The maximum atomic E-state index is 13.1. The molecule has 0 aromatic heterocycles. The Labute approximate surface area is 187 Å². The normalized spacial score (nSPS) is 17.1. The lowest BCUT2D eigenvalue weighted by molar-refractivity contribution is -0.121. The number of sulfonamides is 1. The van der Waals surface area contributed by atoms with Crippen molar-refractivity contribution in [1.29, 1.82) is 0 Å². The minimum Gasteiger partial charge on any atom is -0.326 e. The van der Waals surface area contributed by atoms with E-state index in [1.807, 2.05) is 42.5 Å². The lowest BCUT2D eigenvalue weighted by Crippen LogP contribution is -2.43. The molecule has 3 aromatic carbocycles. The summed E-state index contributed by atoms with van der Waals surface area (Å²) in [5, 5.41) is 7.68. The van der Waals surface area contributed by atoms with Crippen LogP contribution in [0.3, 0.4) is 0 Å². The third-order valence-electron chi connectivity index (χ3n) is 5.58. The van der Waals surface area contributed by atoms with Gasteiger partial charge in [-0.05, 0) is 60.0 Å². The van der Waals surface area contributed by atoms with Crippen LogP contribution in [0, 0.1) is 5.92 Å². The minimum atomic E-state index is -3.73. The van der Waals surface area contributed by atoms with Gasteiger partial charge in [0.05, 0.1) is 10.8 Å². The van der Waals surface area contributed by atoms with Gasteiger partial charge >= 0.3 is 0 Å². The number of benzene rings is 3. The zero-order valence-electron chi connectivity index (χ0n) is 17.7. The average Bonchev–Trinajstić information content (AvgIpc) is 2.79. The van der Waals surface area contributed by atoms with Crippen LogP contribution in [-0.4, -0.2) is 37.6 Å². The number of hydrogen-bond donors (Lipinski definition) is 2. The highest BCUT2D eigenvalue weighted by Gasteiger charge is 2.33. The van der Waals surface area contributed by atoms with E-state index >= 15 is 0 Å². The number of rotatable bonds is 5. The average molecular weight is 452 g/mol. The molecule has 0 bridgehead atoms. The third-order valence-corrected chi connectivity index (χ3v) is 7.46. The number of carbonyl (C=O) groups is 2. The van der Waals surface area contributed by atoms with Gasteiger partial charge in [0, 0.05) is 31.4 Å². The molecule has 1 saturated heterocycles. The van der Waals surface area contributed by atoms with E-state index in [0.29, 0.717) is 30.8 Å². The van der Waals surface area contributed by atoms with Crippen LogP contribution in [0.5, 0.6) is 0 Å². The Morgan fingerprint density at radius 3 is 2.31 bits per heavy atom. The number of piperidine rings is 1. The van der Waals surface area contributed by atoms with Crippen LogP contribution in [0.2, 0.25) is 0 Å². The van der Waals surface area contributed by atoms with Gasteiger partial charge in [-0.2, -0.15) is 4.31 Å². The number of anilines is 2. The predicted molar refractivity (Wildman–Crippen MR) is 125 cm³/mol. The third kappa shape index (κ3) is 4.81. The molecule has 0 radical (unpaired) electrons. The van der Waals surface area contributed by atoms with Crippen molar-refractivity contribution in [2.75, 3.05) is 23.7 Å². The number of hydrogen-bond acceptors (Lipinski definition) is 4. The van der Waals surface area contributed by atoms with Gasteiger partial charge in [0.15, 0.2) is 0 Å². The largest absolute Gasteiger partial charge is 0.326 e. The van der Waals surface area contributed by atoms with Crippen LogP contribution < -0.4 is 10.6 Å². The van der Waals surface area contributed by atoms with Gasteiger partial charge in [0.1, 0.15) is 0 Å². The van der Waals surface area contributed by atoms with Crippen LogP contribution in [0.1, 0.15) is 19.8 Å². The Bertz CT molecular complexity index is 1260. The second-order valence-electron chi connectivity index (χ2n) is 7.96. The van der Waals surface area contributed by atoms with Crippen LogP contribution in [0.15, 0.2) is 71.6 Å². The highest BCUT2D eigenvalue weighted by Crippen LogP contribution is 2.26. The zero-order valence-corrected chi connectivity index (χ0v) is 18.6. The summed E-state index contributed by atoms with van der Waals surface area (Å²) in [5.41, 5.74) is 1.23. The van der Waals surface area contributed by atoms with Crippen LogP contribution in [-0.2, 0) is 19.6 Å². The van der Waals surface area contributed by atoms with Gasteiger partial charge in [0.25, 0.3) is 0 Å².